The fraction of sp³-hybridized carbons (Fsp3) is 0.667. The second-order valence-corrected chi connectivity index (χ2v) is 6.87. The monoisotopic (exact) mass is 339 g/mol. The minimum Gasteiger partial charge on any atom is -0.341 e. The molecule has 0 spiro atoms. The van der Waals surface area contributed by atoms with Gasteiger partial charge in [-0.2, -0.15) is 21.6 Å². The molecule has 124 valence electrons. The molecule has 6 nitrogen and oxygen atoms in total. The Hall–Kier alpha value is -1.42. The third-order valence-corrected chi connectivity index (χ3v) is 4.94. The molecule has 1 aromatic rings. The third-order valence-electron chi connectivity index (χ3n) is 3.56. The molecule has 0 N–H and O–H groups in total. The molecule has 0 unspecified atom stereocenters. The average molecular weight is 339 g/mol. The quantitative estimate of drug-likeness (QED) is 0.778. The van der Waals surface area contributed by atoms with Crippen LogP contribution in [0.25, 0.3) is 0 Å². The van der Waals surface area contributed by atoms with Crippen LogP contribution in [0, 0.1) is 5.92 Å². The van der Waals surface area contributed by atoms with Crippen molar-refractivity contribution in [2.75, 3.05) is 30.9 Å². The molecule has 0 amide bonds. The maximum absolute atomic E-state index is 12.4. The summed E-state index contributed by atoms with van der Waals surface area (Å²) in [6.07, 6.45) is -1.77. The summed E-state index contributed by atoms with van der Waals surface area (Å²) < 4.78 is 64.5. The first-order valence-electron chi connectivity index (χ1n) is 6.64. The minimum atomic E-state index is -4.46. The molecule has 0 saturated carbocycles. The predicted molar refractivity (Wildman–Crippen MR) is 72.8 cm³/mol. The van der Waals surface area contributed by atoms with Crippen molar-refractivity contribution >= 4 is 16.1 Å². The summed E-state index contributed by atoms with van der Waals surface area (Å²) in [6.45, 7) is 0.991. The molecule has 2 heterocycles. The van der Waals surface area contributed by atoms with E-state index < -0.39 is 21.9 Å². The first-order valence-corrected chi connectivity index (χ1v) is 8.21. The summed E-state index contributed by atoms with van der Waals surface area (Å²) in [4.78, 5) is 9.22. The summed E-state index contributed by atoms with van der Waals surface area (Å²) >= 11 is 0. The predicted octanol–water partition coefficient (Wildman–Crippen LogP) is 1.69. The van der Waals surface area contributed by atoms with Gasteiger partial charge in [-0.1, -0.05) is 0 Å². The lowest BCUT2D eigenvalue weighted by atomic mass is 9.99. The number of piperidine rings is 1. The van der Waals surface area contributed by atoms with E-state index in [-0.39, 0.29) is 17.6 Å². The smallest absolute Gasteiger partial charge is 0.341 e. The molecule has 2 rings (SSSR count). The van der Waals surface area contributed by atoms with Gasteiger partial charge in [0, 0.05) is 25.5 Å². The van der Waals surface area contributed by atoms with Gasteiger partial charge in [-0.15, -0.1) is 0 Å². The summed E-state index contributed by atoms with van der Waals surface area (Å²) in [6, 6.07) is 0. The Labute approximate surface area is 126 Å². The molecule has 1 saturated heterocycles. The van der Waals surface area contributed by atoms with Crippen molar-refractivity contribution in [1.82, 2.24) is 9.97 Å². The molecular formula is C12H16F3N3O3S. The van der Waals surface area contributed by atoms with Gasteiger partial charge in [0.05, 0.1) is 18.4 Å². The molecule has 1 fully saturated rings. The van der Waals surface area contributed by atoms with Gasteiger partial charge in [0.1, 0.15) is 0 Å². The van der Waals surface area contributed by atoms with Crippen molar-refractivity contribution in [3.8, 4) is 0 Å². The van der Waals surface area contributed by atoms with Crippen molar-refractivity contribution in [3.63, 3.8) is 0 Å². The van der Waals surface area contributed by atoms with Crippen LogP contribution in [0.5, 0.6) is 0 Å². The lowest BCUT2D eigenvalue weighted by Crippen LogP contribution is -2.37. The van der Waals surface area contributed by atoms with Crippen molar-refractivity contribution in [1.29, 1.82) is 0 Å². The van der Waals surface area contributed by atoms with Gasteiger partial charge in [-0.3, -0.25) is 4.18 Å². The zero-order valence-corrected chi connectivity index (χ0v) is 12.7. The van der Waals surface area contributed by atoms with Gasteiger partial charge in [0.2, 0.25) is 5.95 Å². The number of hydrogen-bond acceptors (Lipinski definition) is 6. The van der Waals surface area contributed by atoms with Gasteiger partial charge < -0.3 is 4.90 Å². The number of aromatic nitrogens is 2. The van der Waals surface area contributed by atoms with Crippen LogP contribution in [-0.4, -0.2) is 44.3 Å². The summed E-state index contributed by atoms with van der Waals surface area (Å²) in [5, 5.41) is 0. The minimum absolute atomic E-state index is 0.0318. The van der Waals surface area contributed by atoms with Crippen LogP contribution >= 0.6 is 0 Å². The van der Waals surface area contributed by atoms with E-state index in [9.17, 15) is 21.6 Å². The van der Waals surface area contributed by atoms with Gasteiger partial charge in [-0.25, -0.2) is 9.97 Å². The van der Waals surface area contributed by atoms with E-state index in [1.165, 1.54) is 0 Å². The van der Waals surface area contributed by atoms with Gasteiger partial charge in [0.25, 0.3) is 10.1 Å². The van der Waals surface area contributed by atoms with E-state index in [0.29, 0.717) is 25.9 Å². The lowest BCUT2D eigenvalue weighted by molar-refractivity contribution is -0.138. The molecule has 0 aromatic carbocycles. The Kier molecular flexibility index (Phi) is 4.90. The molecular weight excluding hydrogens is 323 g/mol. The van der Waals surface area contributed by atoms with Gasteiger partial charge in [-0.05, 0) is 18.8 Å². The van der Waals surface area contributed by atoms with E-state index in [1.54, 1.807) is 4.90 Å². The highest BCUT2D eigenvalue weighted by Gasteiger charge is 2.32. The fourth-order valence-electron chi connectivity index (χ4n) is 2.29. The van der Waals surface area contributed by atoms with Gasteiger partial charge >= 0.3 is 6.18 Å². The lowest BCUT2D eigenvalue weighted by Gasteiger charge is -2.31. The fourth-order valence-corrected chi connectivity index (χ4v) is 3.33. The Bertz CT molecular complexity index is 596. The zero-order valence-electron chi connectivity index (χ0n) is 11.9. The van der Waals surface area contributed by atoms with Crippen molar-refractivity contribution in [2.24, 2.45) is 5.92 Å². The van der Waals surface area contributed by atoms with Crippen LogP contribution < -0.4 is 4.90 Å². The zero-order chi connectivity index (χ0) is 16.4. The van der Waals surface area contributed by atoms with Crippen molar-refractivity contribution in [2.45, 2.75) is 19.0 Å². The normalized spacial score (nSPS) is 17.7. The van der Waals surface area contributed by atoms with E-state index >= 15 is 0 Å². The Morgan fingerprint density at radius 3 is 2.27 bits per heavy atom. The summed E-state index contributed by atoms with van der Waals surface area (Å²) in [5.41, 5.74) is -0.891. The van der Waals surface area contributed by atoms with E-state index in [0.717, 1.165) is 19.5 Å². The molecule has 1 aromatic heterocycles. The Balaban J connectivity index is 1.94. The highest BCUT2D eigenvalue weighted by atomic mass is 32.2. The first-order chi connectivity index (χ1) is 10.2. The highest BCUT2D eigenvalue weighted by Crippen LogP contribution is 2.29. The third kappa shape index (κ3) is 4.29. The second-order valence-electron chi connectivity index (χ2n) is 5.09. The average Bonchev–Trinajstić information content (AvgIpc) is 2.47. The van der Waals surface area contributed by atoms with Crippen LogP contribution in [0.2, 0.25) is 0 Å². The van der Waals surface area contributed by atoms with Crippen LogP contribution in [0.3, 0.4) is 0 Å². The Morgan fingerprint density at radius 1 is 1.27 bits per heavy atom. The summed E-state index contributed by atoms with van der Waals surface area (Å²) in [5.74, 6) is 0.141. The molecule has 0 bridgehead atoms. The van der Waals surface area contributed by atoms with E-state index in [2.05, 4.69) is 14.2 Å². The molecule has 0 aliphatic carbocycles. The standard InChI is InChI=1S/C12H16F3N3O3S/c1-21-22(19,20)8-9-2-4-18(5-3-9)11-16-6-10(7-17-11)12(13,14)15/h6-7,9H,2-5,8H2,1H3. The maximum atomic E-state index is 12.4. The number of rotatable bonds is 4. The van der Waals surface area contributed by atoms with Gasteiger partial charge in [0.15, 0.2) is 0 Å². The molecule has 0 atom stereocenters. The number of nitrogens with zero attached hydrogens (tertiary/aromatic N) is 3. The molecule has 0 radical (unpaired) electrons. The van der Waals surface area contributed by atoms with Crippen LogP contribution in [-0.2, 0) is 20.5 Å². The topological polar surface area (TPSA) is 72.4 Å². The molecule has 22 heavy (non-hydrogen) atoms. The van der Waals surface area contributed by atoms with E-state index in [4.69, 9.17) is 0 Å². The second kappa shape index (κ2) is 6.37. The van der Waals surface area contributed by atoms with Crippen molar-refractivity contribution < 1.29 is 25.8 Å². The van der Waals surface area contributed by atoms with Crippen LogP contribution in [0.1, 0.15) is 18.4 Å². The number of hydrogen-bond donors (Lipinski definition) is 0. The number of alkyl halides is 3. The number of halogens is 3. The Morgan fingerprint density at radius 2 is 1.82 bits per heavy atom. The van der Waals surface area contributed by atoms with Crippen LogP contribution in [0.15, 0.2) is 12.4 Å². The SMILES string of the molecule is COS(=O)(=O)CC1CCN(c2ncc(C(F)(F)F)cn2)CC1. The van der Waals surface area contributed by atoms with Crippen molar-refractivity contribution in [3.05, 3.63) is 18.0 Å². The largest absolute Gasteiger partial charge is 0.419 e. The first kappa shape index (κ1) is 16.9. The number of anilines is 1. The highest BCUT2D eigenvalue weighted by molar-refractivity contribution is 7.86. The summed E-state index contributed by atoms with van der Waals surface area (Å²) in [7, 11) is -2.37. The molecule has 1 aliphatic heterocycles. The molecule has 10 heteroatoms. The van der Waals surface area contributed by atoms with Crippen LogP contribution in [0.4, 0.5) is 19.1 Å². The maximum Gasteiger partial charge on any atom is 0.419 e. The van der Waals surface area contributed by atoms with E-state index in [1.807, 2.05) is 0 Å². The molecule has 1 aliphatic rings.